The molecule has 0 saturated heterocycles. The standard InChI is InChI=1S/C8H16N4S/c1-3-4-9-5-6-10-8-12-11-7(2)13-8/h9H,3-6H2,1-2H3,(H,10,12). The van der Waals surface area contributed by atoms with E-state index in [9.17, 15) is 0 Å². The van der Waals surface area contributed by atoms with E-state index in [0.29, 0.717) is 0 Å². The van der Waals surface area contributed by atoms with Gasteiger partial charge in [-0.1, -0.05) is 18.3 Å². The molecule has 0 aliphatic heterocycles. The predicted molar refractivity (Wildman–Crippen MR) is 56.3 cm³/mol. The molecular weight excluding hydrogens is 184 g/mol. The minimum absolute atomic E-state index is 0.911. The number of nitrogens with one attached hydrogen (secondary N) is 2. The van der Waals surface area contributed by atoms with Crippen LogP contribution in [0.3, 0.4) is 0 Å². The highest BCUT2D eigenvalue weighted by molar-refractivity contribution is 7.15. The largest absolute Gasteiger partial charge is 0.359 e. The first kappa shape index (κ1) is 10.4. The number of aromatic nitrogens is 2. The van der Waals surface area contributed by atoms with E-state index in [2.05, 4.69) is 27.8 Å². The van der Waals surface area contributed by atoms with Crippen molar-refractivity contribution in [2.24, 2.45) is 0 Å². The lowest BCUT2D eigenvalue weighted by molar-refractivity contribution is 0.687. The molecule has 0 unspecified atom stereocenters. The van der Waals surface area contributed by atoms with Crippen molar-refractivity contribution in [3.8, 4) is 0 Å². The van der Waals surface area contributed by atoms with Crippen LogP contribution in [-0.4, -0.2) is 29.8 Å². The number of nitrogens with zero attached hydrogens (tertiary/aromatic N) is 2. The summed E-state index contributed by atoms with van der Waals surface area (Å²) in [6, 6.07) is 0. The van der Waals surface area contributed by atoms with E-state index in [0.717, 1.165) is 29.8 Å². The van der Waals surface area contributed by atoms with Gasteiger partial charge in [0.05, 0.1) is 0 Å². The van der Waals surface area contributed by atoms with Gasteiger partial charge < -0.3 is 10.6 Å². The Labute approximate surface area is 82.8 Å². The summed E-state index contributed by atoms with van der Waals surface area (Å²) in [7, 11) is 0. The van der Waals surface area contributed by atoms with Gasteiger partial charge in [0.15, 0.2) is 0 Å². The van der Waals surface area contributed by atoms with Crippen LogP contribution in [0.2, 0.25) is 0 Å². The van der Waals surface area contributed by atoms with E-state index in [1.165, 1.54) is 6.42 Å². The Morgan fingerprint density at radius 3 is 2.69 bits per heavy atom. The van der Waals surface area contributed by atoms with Crippen molar-refractivity contribution >= 4 is 16.5 Å². The van der Waals surface area contributed by atoms with Crippen LogP contribution >= 0.6 is 11.3 Å². The van der Waals surface area contributed by atoms with Crippen molar-refractivity contribution in [1.29, 1.82) is 0 Å². The first-order chi connectivity index (χ1) is 6.33. The van der Waals surface area contributed by atoms with Gasteiger partial charge in [0.2, 0.25) is 5.13 Å². The van der Waals surface area contributed by atoms with Crippen LogP contribution in [0.25, 0.3) is 0 Å². The lowest BCUT2D eigenvalue weighted by Gasteiger charge is -2.02. The quantitative estimate of drug-likeness (QED) is 0.679. The number of hydrogen-bond acceptors (Lipinski definition) is 5. The van der Waals surface area contributed by atoms with Crippen LogP contribution in [0.5, 0.6) is 0 Å². The lowest BCUT2D eigenvalue weighted by Crippen LogP contribution is -2.22. The molecule has 0 aromatic carbocycles. The highest BCUT2D eigenvalue weighted by atomic mass is 32.1. The molecular formula is C8H16N4S. The Kier molecular flexibility index (Phi) is 4.70. The maximum atomic E-state index is 3.96. The summed E-state index contributed by atoms with van der Waals surface area (Å²) in [4.78, 5) is 0. The molecule has 13 heavy (non-hydrogen) atoms. The topological polar surface area (TPSA) is 49.8 Å². The van der Waals surface area contributed by atoms with Crippen molar-refractivity contribution in [2.45, 2.75) is 20.3 Å². The smallest absolute Gasteiger partial charge is 0.205 e. The maximum Gasteiger partial charge on any atom is 0.205 e. The van der Waals surface area contributed by atoms with E-state index >= 15 is 0 Å². The van der Waals surface area contributed by atoms with E-state index < -0.39 is 0 Å². The molecule has 2 N–H and O–H groups in total. The van der Waals surface area contributed by atoms with Gasteiger partial charge in [0, 0.05) is 13.1 Å². The number of aryl methyl sites for hydroxylation is 1. The molecule has 0 saturated carbocycles. The Hall–Kier alpha value is -0.680. The Balaban J connectivity index is 2.06. The third-order valence-corrected chi connectivity index (χ3v) is 2.33. The second-order valence-electron chi connectivity index (χ2n) is 2.80. The van der Waals surface area contributed by atoms with Crippen molar-refractivity contribution < 1.29 is 0 Å². The molecule has 0 radical (unpaired) electrons. The first-order valence-corrected chi connectivity index (χ1v) is 5.39. The van der Waals surface area contributed by atoms with Gasteiger partial charge in [-0.15, -0.1) is 10.2 Å². The third kappa shape index (κ3) is 4.19. The monoisotopic (exact) mass is 200 g/mol. The molecule has 1 aromatic rings. The molecule has 0 aliphatic carbocycles. The number of hydrogen-bond donors (Lipinski definition) is 2. The molecule has 0 spiro atoms. The molecule has 1 heterocycles. The molecule has 0 bridgehead atoms. The Morgan fingerprint density at radius 2 is 2.08 bits per heavy atom. The van der Waals surface area contributed by atoms with Gasteiger partial charge in [-0.3, -0.25) is 0 Å². The molecule has 0 atom stereocenters. The molecule has 0 fully saturated rings. The summed E-state index contributed by atoms with van der Waals surface area (Å²) in [5.41, 5.74) is 0. The molecule has 5 heteroatoms. The van der Waals surface area contributed by atoms with Crippen LogP contribution in [0.4, 0.5) is 5.13 Å². The summed E-state index contributed by atoms with van der Waals surface area (Å²) >= 11 is 1.59. The van der Waals surface area contributed by atoms with Crippen molar-refractivity contribution in [3.63, 3.8) is 0 Å². The zero-order chi connectivity index (χ0) is 9.52. The molecule has 1 rings (SSSR count). The van der Waals surface area contributed by atoms with Crippen LogP contribution in [0, 0.1) is 6.92 Å². The van der Waals surface area contributed by atoms with E-state index in [4.69, 9.17) is 0 Å². The van der Waals surface area contributed by atoms with Crippen molar-refractivity contribution in [1.82, 2.24) is 15.5 Å². The van der Waals surface area contributed by atoms with Gasteiger partial charge in [-0.2, -0.15) is 0 Å². The van der Waals surface area contributed by atoms with Crippen LogP contribution in [0.1, 0.15) is 18.4 Å². The highest BCUT2D eigenvalue weighted by Gasteiger charge is 1.97. The maximum absolute atomic E-state index is 3.96. The molecule has 0 aliphatic rings. The van der Waals surface area contributed by atoms with Crippen LogP contribution in [0.15, 0.2) is 0 Å². The minimum atomic E-state index is 0.911. The van der Waals surface area contributed by atoms with Crippen LogP contribution < -0.4 is 10.6 Å². The second-order valence-corrected chi connectivity index (χ2v) is 3.98. The molecule has 74 valence electrons. The SMILES string of the molecule is CCCNCCNc1nnc(C)s1. The average Bonchev–Trinajstić information content (AvgIpc) is 2.51. The minimum Gasteiger partial charge on any atom is -0.359 e. The Morgan fingerprint density at radius 1 is 1.23 bits per heavy atom. The van der Waals surface area contributed by atoms with Gasteiger partial charge in [-0.25, -0.2) is 0 Å². The summed E-state index contributed by atoms with van der Waals surface area (Å²) < 4.78 is 0. The van der Waals surface area contributed by atoms with E-state index in [-0.39, 0.29) is 0 Å². The summed E-state index contributed by atoms with van der Waals surface area (Å²) in [6.45, 7) is 7.09. The molecule has 0 amide bonds. The zero-order valence-electron chi connectivity index (χ0n) is 8.13. The van der Waals surface area contributed by atoms with Crippen molar-refractivity contribution in [3.05, 3.63) is 5.01 Å². The van der Waals surface area contributed by atoms with E-state index in [1.54, 1.807) is 11.3 Å². The van der Waals surface area contributed by atoms with Gasteiger partial charge in [0.1, 0.15) is 5.01 Å². The lowest BCUT2D eigenvalue weighted by atomic mass is 10.5. The van der Waals surface area contributed by atoms with E-state index in [1.807, 2.05) is 6.92 Å². The normalized spacial score (nSPS) is 10.3. The number of anilines is 1. The van der Waals surface area contributed by atoms with Gasteiger partial charge >= 0.3 is 0 Å². The second kappa shape index (κ2) is 5.88. The fourth-order valence-corrected chi connectivity index (χ4v) is 1.54. The third-order valence-electron chi connectivity index (χ3n) is 1.53. The van der Waals surface area contributed by atoms with Gasteiger partial charge in [-0.05, 0) is 19.9 Å². The van der Waals surface area contributed by atoms with Gasteiger partial charge in [0.25, 0.3) is 0 Å². The van der Waals surface area contributed by atoms with Crippen LogP contribution in [-0.2, 0) is 0 Å². The fourth-order valence-electron chi connectivity index (χ4n) is 0.928. The Bertz CT molecular complexity index is 236. The first-order valence-electron chi connectivity index (χ1n) is 4.57. The summed E-state index contributed by atoms with van der Waals surface area (Å²) in [5, 5.41) is 16.3. The summed E-state index contributed by atoms with van der Waals surface area (Å²) in [5.74, 6) is 0. The molecule has 1 aromatic heterocycles. The predicted octanol–water partition coefficient (Wildman–Crippen LogP) is 1.26. The summed E-state index contributed by atoms with van der Waals surface area (Å²) in [6.07, 6.45) is 1.18. The fraction of sp³-hybridized carbons (Fsp3) is 0.750. The molecule has 4 nitrogen and oxygen atoms in total. The zero-order valence-corrected chi connectivity index (χ0v) is 8.95. The highest BCUT2D eigenvalue weighted by Crippen LogP contribution is 2.12. The average molecular weight is 200 g/mol. The number of rotatable bonds is 6. The van der Waals surface area contributed by atoms with Crippen molar-refractivity contribution in [2.75, 3.05) is 25.0 Å².